The van der Waals surface area contributed by atoms with E-state index in [2.05, 4.69) is 15.5 Å². The number of methoxy groups -OCH3 is 1. The number of nitrogens with one attached hydrogen (secondary N) is 1. The van der Waals surface area contributed by atoms with E-state index >= 15 is 0 Å². The number of carbonyl (C=O) groups excluding carboxylic acids is 2. The predicted molar refractivity (Wildman–Crippen MR) is 117 cm³/mol. The number of hydrogen-bond acceptors (Lipinski definition) is 8. The lowest BCUT2D eigenvalue weighted by atomic mass is 10.0. The van der Waals surface area contributed by atoms with Gasteiger partial charge in [-0.2, -0.15) is 0 Å². The molecule has 1 amide bonds. The molecule has 0 aliphatic carbocycles. The maximum Gasteiger partial charge on any atom is 0.353 e. The van der Waals surface area contributed by atoms with E-state index in [9.17, 15) is 9.59 Å². The van der Waals surface area contributed by atoms with Crippen molar-refractivity contribution >= 4 is 28.9 Å². The molecule has 0 saturated heterocycles. The molecule has 9 heteroatoms. The van der Waals surface area contributed by atoms with Crippen LogP contribution in [0.5, 0.6) is 5.88 Å². The number of rotatable bonds is 8. The van der Waals surface area contributed by atoms with Gasteiger partial charge in [0.15, 0.2) is 10.6 Å². The summed E-state index contributed by atoms with van der Waals surface area (Å²) in [6.45, 7) is 0.0534. The van der Waals surface area contributed by atoms with Gasteiger partial charge in [0.2, 0.25) is 5.88 Å². The van der Waals surface area contributed by atoms with Crippen molar-refractivity contribution in [2.45, 2.75) is 6.61 Å². The molecule has 0 bridgehead atoms. The Morgan fingerprint density at radius 3 is 2.45 bits per heavy atom. The molecular formula is C22H21N3O5S. The van der Waals surface area contributed by atoms with Crippen molar-refractivity contribution < 1.29 is 23.9 Å². The van der Waals surface area contributed by atoms with Crippen molar-refractivity contribution in [1.82, 2.24) is 10.3 Å². The van der Waals surface area contributed by atoms with Crippen molar-refractivity contribution in [3.8, 4) is 16.5 Å². The van der Waals surface area contributed by atoms with E-state index in [4.69, 9.17) is 14.3 Å². The Labute approximate surface area is 183 Å². The fourth-order valence-electron chi connectivity index (χ4n) is 2.78. The Morgan fingerprint density at radius 1 is 1.06 bits per heavy atom. The quantitative estimate of drug-likeness (QED) is 0.329. The largest absolute Gasteiger partial charge is 0.472 e. The molecule has 0 aliphatic rings. The van der Waals surface area contributed by atoms with Gasteiger partial charge < -0.3 is 19.6 Å². The van der Waals surface area contributed by atoms with Crippen LogP contribution in [-0.2, 0) is 21.0 Å². The normalized spacial score (nSPS) is 11.0. The van der Waals surface area contributed by atoms with Gasteiger partial charge in [-0.25, -0.2) is 9.78 Å². The second-order valence-electron chi connectivity index (χ2n) is 6.16. The van der Waals surface area contributed by atoms with E-state index in [0.29, 0.717) is 16.1 Å². The number of ether oxygens (including phenoxy) is 2. The highest BCUT2D eigenvalue weighted by molar-refractivity contribution is 7.17. The smallest absolute Gasteiger partial charge is 0.353 e. The topological polar surface area (TPSA) is 99.1 Å². The molecule has 31 heavy (non-hydrogen) atoms. The summed E-state index contributed by atoms with van der Waals surface area (Å²) in [5.41, 5.74) is 2.19. The third kappa shape index (κ3) is 5.07. The van der Waals surface area contributed by atoms with Crippen molar-refractivity contribution in [2.75, 3.05) is 21.3 Å². The van der Waals surface area contributed by atoms with E-state index in [-0.39, 0.29) is 23.1 Å². The molecule has 2 aromatic carbocycles. The van der Waals surface area contributed by atoms with E-state index in [0.717, 1.165) is 5.56 Å². The highest BCUT2D eigenvalue weighted by atomic mass is 32.1. The van der Waals surface area contributed by atoms with Crippen molar-refractivity contribution in [3.63, 3.8) is 0 Å². The molecule has 8 nitrogen and oxygen atoms in total. The Balaban J connectivity index is 1.93. The number of oxime groups is 1. The first-order chi connectivity index (χ1) is 15.1. The second kappa shape index (κ2) is 10.4. The SMILES string of the molecule is CNC(=O)/C(=N/OC)c1ccccc1COc1nc(-c2ccccc2)sc1C(=O)OC. The summed E-state index contributed by atoms with van der Waals surface area (Å²) in [5.74, 6) is -0.768. The van der Waals surface area contributed by atoms with E-state index in [1.54, 1.807) is 18.2 Å². The van der Waals surface area contributed by atoms with Gasteiger partial charge >= 0.3 is 5.97 Å². The minimum absolute atomic E-state index is 0.0534. The first kappa shape index (κ1) is 22.0. The number of benzene rings is 2. The van der Waals surface area contributed by atoms with Gasteiger partial charge in [-0.1, -0.05) is 59.8 Å². The molecular weight excluding hydrogens is 418 g/mol. The minimum Gasteiger partial charge on any atom is -0.472 e. The van der Waals surface area contributed by atoms with Crippen LogP contribution in [0.1, 0.15) is 20.8 Å². The van der Waals surface area contributed by atoms with Crippen molar-refractivity contribution in [2.24, 2.45) is 5.16 Å². The number of hydrogen-bond donors (Lipinski definition) is 1. The number of thiazole rings is 1. The Morgan fingerprint density at radius 2 is 1.77 bits per heavy atom. The molecule has 0 spiro atoms. The summed E-state index contributed by atoms with van der Waals surface area (Å²) in [4.78, 5) is 34.1. The molecule has 0 unspecified atom stereocenters. The van der Waals surface area contributed by atoms with Crippen LogP contribution in [0, 0.1) is 0 Å². The van der Waals surface area contributed by atoms with Gasteiger partial charge in [-0.3, -0.25) is 4.79 Å². The van der Waals surface area contributed by atoms with Crippen molar-refractivity contribution in [3.05, 3.63) is 70.6 Å². The zero-order chi connectivity index (χ0) is 22.2. The molecule has 0 saturated carbocycles. The molecule has 3 rings (SSSR count). The summed E-state index contributed by atoms with van der Waals surface area (Å²) in [5, 5.41) is 7.02. The van der Waals surface area contributed by atoms with E-state index < -0.39 is 11.9 Å². The van der Waals surface area contributed by atoms with Crippen LogP contribution in [0.2, 0.25) is 0 Å². The average molecular weight is 439 g/mol. The maximum atomic E-state index is 12.3. The van der Waals surface area contributed by atoms with E-state index in [1.165, 1.54) is 32.6 Å². The fraction of sp³-hybridized carbons (Fsp3) is 0.182. The zero-order valence-electron chi connectivity index (χ0n) is 17.2. The molecule has 3 aromatic rings. The zero-order valence-corrected chi connectivity index (χ0v) is 18.1. The molecule has 1 aromatic heterocycles. The molecule has 0 radical (unpaired) electrons. The van der Waals surface area contributed by atoms with Gasteiger partial charge in [0.05, 0.1) is 7.11 Å². The molecule has 0 atom stereocenters. The van der Waals surface area contributed by atoms with Crippen LogP contribution in [0.3, 0.4) is 0 Å². The van der Waals surface area contributed by atoms with Gasteiger partial charge in [-0.05, 0) is 5.56 Å². The van der Waals surface area contributed by atoms with Crippen molar-refractivity contribution in [1.29, 1.82) is 0 Å². The van der Waals surface area contributed by atoms with Crippen LogP contribution >= 0.6 is 11.3 Å². The average Bonchev–Trinajstić information content (AvgIpc) is 3.25. The summed E-state index contributed by atoms with van der Waals surface area (Å²) >= 11 is 1.19. The lowest BCUT2D eigenvalue weighted by Crippen LogP contribution is -2.29. The minimum atomic E-state index is -0.532. The number of carbonyl (C=O) groups is 2. The third-order valence-electron chi connectivity index (χ3n) is 4.25. The predicted octanol–water partition coefficient (Wildman–Crippen LogP) is 3.27. The lowest BCUT2D eigenvalue weighted by molar-refractivity contribution is -0.114. The number of likely N-dealkylation sites (N-methyl/N-ethyl adjacent to an activating group) is 1. The highest BCUT2D eigenvalue weighted by Gasteiger charge is 2.22. The van der Waals surface area contributed by atoms with Crippen LogP contribution in [0.4, 0.5) is 0 Å². The molecule has 0 fully saturated rings. The standard InChI is InChI=1S/C22H21N3O5S/c1-23-19(26)17(25-29-3)16-12-8-7-11-15(16)13-30-20-18(22(27)28-2)31-21(24-20)14-9-5-4-6-10-14/h4-12H,13H2,1-3H3,(H,23,26)/b25-17+. The van der Waals surface area contributed by atoms with Gasteiger partial charge in [0.25, 0.3) is 5.91 Å². The first-order valence-corrected chi connectivity index (χ1v) is 10.1. The van der Waals surface area contributed by atoms with Crippen LogP contribution in [-0.4, -0.2) is 43.8 Å². The monoisotopic (exact) mass is 439 g/mol. The summed E-state index contributed by atoms with van der Waals surface area (Å²) < 4.78 is 10.8. The Hall–Kier alpha value is -3.72. The fourth-order valence-corrected chi connectivity index (χ4v) is 3.71. The van der Waals surface area contributed by atoms with Gasteiger partial charge in [0.1, 0.15) is 18.7 Å². The van der Waals surface area contributed by atoms with Gasteiger partial charge in [-0.15, -0.1) is 11.3 Å². The van der Waals surface area contributed by atoms with Gasteiger partial charge in [0, 0.05) is 18.2 Å². The number of nitrogens with zero attached hydrogens (tertiary/aromatic N) is 2. The maximum absolute atomic E-state index is 12.3. The third-order valence-corrected chi connectivity index (χ3v) is 5.31. The molecule has 160 valence electrons. The number of aromatic nitrogens is 1. The molecule has 1 N–H and O–H groups in total. The molecule has 0 aliphatic heterocycles. The number of amides is 1. The Bertz CT molecular complexity index is 1100. The van der Waals surface area contributed by atoms with Crippen LogP contribution in [0.25, 0.3) is 10.6 Å². The van der Waals surface area contributed by atoms with Crippen LogP contribution in [0.15, 0.2) is 59.8 Å². The highest BCUT2D eigenvalue weighted by Crippen LogP contribution is 2.33. The second-order valence-corrected chi connectivity index (χ2v) is 7.16. The van der Waals surface area contributed by atoms with Crippen LogP contribution < -0.4 is 10.1 Å². The summed E-state index contributed by atoms with van der Waals surface area (Å²) in [6, 6.07) is 16.6. The van der Waals surface area contributed by atoms with E-state index in [1.807, 2.05) is 36.4 Å². The number of esters is 1. The summed E-state index contributed by atoms with van der Waals surface area (Å²) in [6.07, 6.45) is 0. The lowest BCUT2D eigenvalue weighted by Gasteiger charge is -2.11. The Kier molecular flexibility index (Phi) is 7.34. The summed E-state index contributed by atoms with van der Waals surface area (Å²) in [7, 11) is 4.18. The first-order valence-electron chi connectivity index (χ1n) is 9.27. The molecule has 1 heterocycles.